The Balaban J connectivity index is 1.47. The molecular formula is C25H24N2O4. The molecule has 2 aromatic rings. The lowest BCUT2D eigenvalue weighted by atomic mass is 9.85. The Bertz CT molecular complexity index is 1030. The van der Waals surface area contributed by atoms with Gasteiger partial charge in [-0.25, -0.2) is 0 Å². The van der Waals surface area contributed by atoms with E-state index in [2.05, 4.69) is 17.5 Å². The minimum Gasteiger partial charge on any atom is -0.495 e. The van der Waals surface area contributed by atoms with E-state index in [1.54, 1.807) is 18.2 Å². The van der Waals surface area contributed by atoms with E-state index in [1.165, 1.54) is 12.0 Å². The number of methoxy groups -OCH3 is 1. The fraction of sp³-hybridized carbons (Fsp3) is 0.320. The third-order valence-corrected chi connectivity index (χ3v) is 6.76. The van der Waals surface area contributed by atoms with Gasteiger partial charge in [-0.2, -0.15) is 0 Å². The van der Waals surface area contributed by atoms with Gasteiger partial charge in [0.1, 0.15) is 11.8 Å². The molecule has 3 aliphatic rings. The van der Waals surface area contributed by atoms with Crippen molar-refractivity contribution in [2.24, 2.45) is 23.7 Å². The van der Waals surface area contributed by atoms with Gasteiger partial charge in [0.2, 0.25) is 17.7 Å². The second kappa shape index (κ2) is 7.69. The number of hydrogen-bond acceptors (Lipinski definition) is 4. The fourth-order valence-electron chi connectivity index (χ4n) is 5.34. The molecule has 0 unspecified atom stereocenters. The molecule has 1 heterocycles. The predicted molar refractivity (Wildman–Crippen MR) is 115 cm³/mol. The Labute approximate surface area is 180 Å². The molecule has 1 saturated heterocycles. The van der Waals surface area contributed by atoms with Gasteiger partial charge in [0.05, 0.1) is 24.6 Å². The summed E-state index contributed by atoms with van der Waals surface area (Å²) in [6, 6.07) is 15.7. The third kappa shape index (κ3) is 3.23. The maximum atomic E-state index is 13.4. The summed E-state index contributed by atoms with van der Waals surface area (Å²) in [5.74, 6) is -0.773. The number of imide groups is 1. The van der Waals surface area contributed by atoms with Crippen LogP contribution in [-0.4, -0.2) is 35.8 Å². The van der Waals surface area contributed by atoms with Gasteiger partial charge in [0.15, 0.2) is 0 Å². The van der Waals surface area contributed by atoms with Gasteiger partial charge in [0, 0.05) is 6.42 Å². The van der Waals surface area contributed by atoms with Crippen LogP contribution >= 0.6 is 0 Å². The fourth-order valence-corrected chi connectivity index (χ4v) is 5.34. The minimum absolute atomic E-state index is 0.103. The number of likely N-dealkylation sites (tertiary alicyclic amines) is 1. The van der Waals surface area contributed by atoms with Crippen molar-refractivity contribution < 1.29 is 19.1 Å². The Morgan fingerprint density at radius 2 is 1.61 bits per heavy atom. The lowest BCUT2D eigenvalue weighted by Gasteiger charge is -2.27. The molecule has 0 aromatic heterocycles. The van der Waals surface area contributed by atoms with E-state index in [9.17, 15) is 14.4 Å². The van der Waals surface area contributed by atoms with Crippen LogP contribution in [0.2, 0.25) is 0 Å². The first-order chi connectivity index (χ1) is 15.1. The summed E-state index contributed by atoms with van der Waals surface area (Å²) in [6.45, 7) is 0. The smallest absolute Gasteiger partial charge is 0.248 e. The normalized spacial score (nSPS) is 26.8. The number of fused-ring (bicyclic) bond motifs is 5. The highest BCUT2D eigenvalue weighted by atomic mass is 16.5. The molecule has 2 aromatic carbocycles. The van der Waals surface area contributed by atoms with E-state index in [4.69, 9.17) is 4.74 Å². The number of rotatable bonds is 6. The van der Waals surface area contributed by atoms with Gasteiger partial charge in [-0.15, -0.1) is 0 Å². The Morgan fingerprint density at radius 1 is 1.00 bits per heavy atom. The molecule has 2 bridgehead atoms. The van der Waals surface area contributed by atoms with Crippen molar-refractivity contribution >= 4 is 23.4 Å². The van der Waals surface area contributed by atoms with Crippen molar-refractivity contribution in [1.82, 2.24) is 4.90 Å². The highest BCUT2D eigenvalue weighted by Crippen LogP contribution is 2.53. The molecule has 1 aliphatic heterocycles. The molecule has 2 aliphatic carbocycles. The zero-order chi connectivity index (χ0) is 21.5. The van der Waals surface area contributed by atoms with Crippen molar-refractivity contribution in [3.05, 3.63) is 72.3 Å². The SMILES string of the molecule is COc1ccccc1NC(=O)[C@H](Cc1ccccc1)N1C(=O)[C@@H]2[C@H](C1=O)[C@@H]1C=C[C@@H]2C1. The number of carbonyl (C=O) groups is 3. The lowest BCUT2D eigenvalue weighted by Crippen LogP contribution is -2.49. The molecule has 0 spiro atoms. The number of carbonyl (C=O) groups excluding carboxylic acids is 3. The molecule has 158 valence electrons. The zero-order valence-electron chi connectivity index (χ0n) is 17.2. The second-order valence-corrected chi connectivity index (χ2v) is 8.44. The molecule has 5 rings (SSSR count). The van der Waals surface area contributed by atoms with Crippen LogP contribution in [0.1, 0.15) is 12.0 Å². The van der Waals surface area contributed by atoms with Gasteiger partial charge < -0.3 is 10.1 Å². The summed E-state index contributed by atoms with van der Waals surface area (Å²) in [6.07, 6.45) is 5.24. The number of para-hydroxylation sites is 2. The van der Waals surface area contributed by atoms with E-state index in [-0.39, 0.29) is 41.9 Å². The van der Waals surface area contributed by atoms with E-state index in [0.29, 0.717) is 11.4 Å². The first-order valence-corrected chi connectivity index (χ1v) is 10.6. The highest BCUT2D eigenvalue weighted by Gasteiger charge is 2.61. The number of nitrogens with one attached hydrogen (secondary N) is 1. The van der Waals surface area contributed by atoms with Crippen molar-refractivity contribution in [3.63, 3.8) is 0 Å². The van der Waals surface area contributed by atoms with Gasteiger partial charge in [-0.05, 0) is 36.0 Å². The minimum atomic E-state index is -0.919. The van der Waals surface area contributed by atoms with Crippen molar-refractivity contribution in [2.45, 2.75) is 18.9 Å². The van der Waals surface area contributed by atoms with Crippen molar-refractivity contribution in [3.8, 4) is 5.75 Å². The summed E-state index contributed by atoms with van der Waals surface area (Å²) < 4.78 is 5.34. The number of benzene rings is 2. The van der Waals surface area contributed by atoms with Gasteiger partial charge >= 0.3 is 0 Å². The monoisotopic (exact) mass is 416 g/mol. The standard InChI is InChI=1S/C25H24N2O4/c1-31-20-10-6-5-9-18(20)26-23(28)19(13-15-7-3-2-4-8-15)27-24(29)21-16-11-12-17(14-16)22(21)25(27)30/h2-12,16-17,19,21-22H,13-14H2,1H3,(H,26,28)/t16-,17-,19+,21-,22+/m1/s1. The van der Waals surface area contributed by atoms with Crippen molar-refractivity contribution in [2.75, 3.05) is 12.4 Å². The molecule has 0 radical (unpaired) electrons. The highest BCUT2D eigenvalue weighted by molar-refractivity contribution is 6.11. The van der Waals surface area contributed by atoms with Crippen LogP contribution < -0.4 is 10.1 Å². The summed E-state index contributed by atoms with van der Waals surface area (Å²) in [7, 11) is 1.53. The Morgan fingerprint density at radius 3 is 2.26 bits per heavy atom. The largest absolute Gasteiger partial charge is 0.495 e. The van der Waals surface area contributed by atoms with Crippen LogP contribution in [-0.2, 0) is 20.8 Å². The van der Waals surface area contributed by atoms with Gasteiger partial charge in [0.25, 0.3) is 0 Å². The molecule has 6 nitrogen and oxygen atoms in total. The van der Waals surface area contributed by atoms with E-state index in [0.717, 1.165) is 12.0 Å². The van der Waals surface area contributed by atoms with Crippen LogP contribution in [0, 0.1) is 23.7 Å². The predicted octanol–water partition coefficient (Wildman–Crippen LogP) is 3.05. The summed E-state index contributed by atoms with van der Waals surface area (Å²) in [4.78, 5) is 41.4. The third-order valence-electron chi connectivity index (χ3n) is 6.76. The number of amides is 3. The first-order valence-electron chi connectivity index (χ1n) is 10.6. The molecule has 1 saturated carbocycles. The topological polar surface area (TPSA) is 75.7 Å². The average Bonchev–Trinajstić information content (AvgIpc) is 3.47. The maximum Gasteiger partial charge on any atom is 0.248 e. The Hall–Kier alpha value is -3.41. The van der Waals surface area contributed by atoms with Crippen LogP contribution in [0.5, 0.6) is 5.75 Å². The van der Waals surface area contributed by atoms with E-state index < -0.39 is 11.9 Å². The van der Waals surface area contributed by atoms with Crippen LogP contribution in [0.4, 0.5) is 5.69 Å². The lowest BCUT2D eigenvalue weighted by molar-refractivity contribution is -0.147. The van der Waals surface area contributed by atoms with Crippen LogP contribution in [0.3, 0.4) is 0 Å². The summed E-state index contributed by atoms with van der Waals surface area (Å²) >= 11 is 0. The number of anilines is 1. The number of hydrogen-bond donors (Lipinski definition) is 1. The summed E-state index contributed by atoms with van der Waals surface area (Å²) in [5, 5.41) is 2.88. The number of nitrogens with zero attached hydrogens (tertiary/aromatic N) is 1. The molecule has 6 heteroatoms. The molecule has 1 N–H and O–H groups in total. The second-order valence-electron chi connectivity index (χ2n) is 8.44. The van der Waals surface area contributed by atoms with Gasteiger partial charge in [-0.3, -0.25) is 19.3 Å². The maximum absolute atomic E-state index is 13.4. The molecule has 3 amide bonds. The van der Waals surface area contributed by atoms with E-state index in [1.807, 2.05) is 36.4 Å². The quantitative estimate of drug-likeness (QED) is 0.580. The number of ether oxygens (including phenoxy) is 1. The molecule has 31 heavy (non-hydrogen) atoms. The molecule has 5 atom stereocenters. The molecule has 2 fully saturated rings. The van der Waals surface area contributed by atoms with Gasteiger partial charge in [-0.1, -0.05) is 54.6 Å². The summed E-state index contributed by atoms with van der Waals surface area (Å²) in [5.41, 5.74) is 1.40. The van der Waals surface area contributed by atoms with Crippen molar-refractivity contribution in [1.29, 1.82) is 0 Å². The first kappa shape index (κ1) is 19.5. The van der Waals surface area contributed by atoms with E-state index >= 15 is 0 Å². The van der Waals surface area contributed by atoms with Crippen LogP contribution in [0.25, 0.3) is 0 Å². The molecular weight excluding hydrogens is 392 g/mol. The number of allylic oxidation sites excluding steroid dienone is 2. The van der Waals surface area contributed by atoms with Crippen LogP contribution in [0.15, 0.2) is 66.7 Å². The zero-order valence-corrected chi connectivity index (χ0v) is 17.2. The Kier molecular flexibility index (Phi) is 4.85. The average molecular weight is 416 g/mol.